The number of H-pyrrole nitrogens is 1. The van der Waals surface area contributed by atoms with Gasteiger partial charge in [0.05, 0.1) is 11.3 Å². The number of nitrogens with zero attached hydrogens (tertiary/aromatic N) is 1. The largest absolute Gasteiger partial charge is 0.493 e. The fraction of sp³-hybridized carbons (Fsp3) is 0.462. The van der Waals surface area contributed by atoms with Crippen molar-refractivity contribution in [3.05, 3.63) is 28.6 Å². The van der Waals surface area contributed by atoms with Gasteiger partial charge in [-0.2, -0.15) is 4.98 Å². The molecule has 1 atom stereocenters. The van der Waals surface area contributed by atoms with E-state index < -0.39 is 0 Å². The van der Waals surface area contributed by atoms with Gasteiger partial charge in [0.1, 0.15) is 0 Å². The van der Waals surface area contributed by atoms with Crippen molar-refractivity contribution >= 4 is 17.7 Å². The van der Waals surface area contributed by atoms with Crippen LogP contribution in [-0.4, -0.2) is 33.3 Å². The third-order valence-corrected chi connectivity index (χ3v) is 3.68. The molecule has 0 radical (unpaired) electrons. The fourth-order valence-electron chi connectivity index (χ4n) is 1.54. The molecule has 1 rings (SSSR count). The molecule has 1 heterocycles. The lowest BCUT2D eigenvalue weighted by Gasteiger charge is -2.10. The summed E-state index contributed by atoms with van der Waals surface area (Å²) in [7, 11) is 0. The van der Waals surface area contributed by atoms with Crippen molar-refractivity contribution in [3.8, 4) is 5.88 Å². The smallest absolute Gasteiger partial charge is 0.258 e. The zero-order valence-electron chi connectivity index (χ0n) is 11.6. The topological polar surface area (TPSA) is 95.1 Å². The van der Waals surface area contributed by atoms with E-state index in [0.717, 1.165) is 18.2 Å². The lowest BCUT2D eigenvalue weighted by Crippen LogP contribution is -2.25. The predicted molar refractivity (Wildman–Crippen MR) is 79.2 cm³/mol. The quantitative estimate of drug-likeness (QED) is 0.401. The Kier molecular flexibility index (Phi) is 6.30. The van der Waals surface area contributed by atoms with Crippen molar-refractivity contribution < 1.29 is 9.90 Å². The summed E-state index contributed by atoms with van der Waals surface area (Å²) in [5, 5.41) is 12.7. The zero-order valence-corrected chi connectivity index (χ0v) is 12.4. The standard InChI is InChI=1S/C13H19N3O3S/c1-4-6-14-9(17)7-20-13-15-11(18)10(8(3)5-2)12(19)16-13/h4,8H,1,5-7H2,2-3H3,(H,14,17)(H2,15,16,18,19)/t8-/m0/s1. The van der Waals surface area contributed by atoms with Crippen LogP contribution in [0.25, 0.3) is 0 Å². The van der Waals surface area contributed by atoms with Gasteiger partial charge in [0.25, 0.3) is 5.56 Å². The van der Waals surface area contributed by atoms with Gasteiger partial charge in [-0.15, -0.1) is 6.58 Å². The number of aromatic nitrogens is 2. The maximum Gasteiger partial charge on any atom is 0.258 e. The second-order valence-electron chi connectivity index (χ2n) is 4.30. The number of nitrogens with one attached hydrogen (secondary N) is 2. The summed E-state index contributed by atoms with van der Waals surface area (Å²) < 4.78 is 0. The monoisotopic (exact) mass is 297 g/mol. The first-order valence-electron chi connectivity index (χ1n) is 6.33. The van der Waals surface area contributed by atoms with Crippen molar-refractivity contribution in [2.45, 2.75) is 31.3 Å². The number of rotatable bonds is 7. The molecule has 0 bridgehead atoms. The molecule has 0 fully saturated rings. The molecule has 0 unspecified atom stereocenters. The van der Waals surface area contributed by atoms with Crippen LogP contribution < -0.4 is 10.9 Å². The van der Waals surface area contributed by atoms with Gasteiger partial charge in [0.15, 0.2) is 5.16 Å². The molecule has 1 amide bonds. The van der Waals surface area contributed by atoms with Gasteiger partial charge in [0, 0.05) is 6.54 Å². The summed E-state index contributed by atoms with van der Waals surface area (Å²) in [6.07, 6.45) is 2.31. The molecule has 20 heavy (non-hydrogen) atoms. The number of thioether (sulfide) groups is 1. The highest BCUT2D eigenvalue weighted by Crippen LogP contribution is 2.24. The summed E-state index contributed by atoms with van der Waals surface area (Å²) in [5.74, 6) is -0.417. The van der Waals surface area contributed by atoms with Crippen molar-refractivity contribution in [1.29, 1.82) is 0 Å². The highest BCUT2D eigenvalue weighted by Gasteiger charge is 2.16. The summed E-state index contributed by atoms with van der Waals surface area (Å²) >= 11 is 1.06. The minimum absolute atomic E-state index is 0.0683. The molecule has 0 aromatic carbocycles. The second-order valence-corrected chi connectivity index (χ2v) is 5.26. The third kappa shape index (κ3) is 4.41. The van der Waals surface area contributed by atoms with Crippen LogP contribution in [-0.2, 0) is 4.79 Å². The molecule has 6 nitrogen and oxygen atoms in total. The molecule has 110 valence electrons. The van der Waals surface area contributed by atoms with E-state index in [1.165, 1.54) is 0 Å². The normalized spacial score (nSPS) is 11.9. The lowest BCUT2D eigenvalue weighted by atomic mass is 10.0. The Morgan fingerprint density at radius 2 is 2.35 bits per heavy atom. The molecule has 0 aliphatic heterocycles. The maximum atomic E-state index is 11.9. The third-order valence-electron chi connectivity index (χ3n) is 2.80. The summed E-state index contributed by atoms with van der Waals surface area (Å²) in [5.41, 5.74) is -0.0752. The van der Waals surface area contributed by atoms with E-state index in [1.807, 2.05) is 13.8 Å². The Hall–Kier alpha value is -1.76. The van der Waals surface area contributed by atoms with Crippen molar-refractivity contribution in [3.63, 3.8) is 0 Å². The number of amides is 1. The molecule has 7 heteroatoms. The number of carbonyl (C=O) groups excluding carboxylic acids is 1. The van der Waals surface area contributed by atoms with Gasteiger partial charge >= 0.3 is 0 Å². The highest BCUT2D eigenvalue weighted by molar-refractivity contribution is 7.99. The minimum Gasteiger partial charge on any atom is -0.493 e. The Balaban J connectivity index is 2.77. The number of hydrogen-bond donors (Lipinski definition) is 3. The van der Waals surface area contributed by atoms with E-state index in [0.29, 0.717) is 6.54 Å². The van der Waals surface area contributed by atoms with Crippen molar-refractivity contribution in [2.24, 2.45) is 0 Å². The lowest BCUT2D eigenvalue weighted by molar-refractivity contribution is -0.118. The van der Waals surface area contributed by atoms with Gasteiger partial charge in [-0.1, -0.05) is 31.7 Å². The van der Waals surface area contributed by atoms with Crippen LogP contribution in [0.15, 0.2) is 22.6 Å². The maximum absolute atomic E-state index is 11.9. The summed E-state index contributed by atoms with van der Waals surface area (Å²) in [6, 6.07) is 0. The predicted octanol–water partition coefficient (Wildman–Crippen LogP) is 1.38. The van der Waals surface area contributed by atoms with Crippen LogP contribution in [0.2, 0.25) is 0 Å². The molecule has 0 spiro atoms. The van der Waals surface area contributed by atoms with Crippen LogP contribution in [0.3, 0.4) is 0 Å². The SMILES string of the molecule is C=CCNC(=O)CSc1nc(O)c([C@@H](C)CC)c(=O)[nH]1. The number of aromatic amines is 1. The molecular weight excluding hydrogens is 278 g/mol. The zero-order chi connectivity index (χ0) is 15.1. The minimum atomic E-state index is -0.360. The molecule has 3 N–H and O–H groups in total. The van der Waals surface area contributed by atoms with E-state index in [1.54, 1.807) is 6.08 Å². The fourth-order valence-corrected chi connectivity index (χ4v) is 2.22. The Morgan fingerprint density at radius 3 is 2.90 bits per heavy atom. The van der Waals surface area contributed by atoms with Crippen LogP contribution in [0.5, 0.6) is 5.88 Å². The van der Waals surface area contributed by atoms with Crippen LogP contribution in [0.4, 0.5) is 0 Å². The summed E-state index contributed by atoms with van der Waals surface area (Å²) in [6.45, 7) is 7.66. The van der Waals surface area contributed by atoms with Crippen molar-refractivity contribution in [1.82, 2.24) is 15.3 Å². The van der Waals surface area contributed by atoms with E-state index in [4.69, 9.17) is 0 Å². The average molecular weight is 297 g/mol. The Morgan fingerprint density at radius 1 is 1.65 bits per heavy atom. The van der Waals surface area contributed by atoms with Crippen LogP contribution >= 0.6 is 11.8 Å². The van der Waals surface area contributed by atoms with E-state index >= 15 is 0 Å². The second kappa shape index (κ2) is 7.74. The molecule has 0 aliphatic rings. The molecule has 1 aromatic rings. The molecule has 0 saturated heterocycles. The van der Waals surface area contributed by atoms with E-state index in [-0.39, 0.29) is 39.7 Å². The molecular formula is C13H19N3O3S. The van der Waals surface area contributed by atoms with Crippen LogP contribution in [0.1, 0.15) is 31.7 Å². The molecule has 0 saturated carbocycles. The molecule has 1 aromatic heterocycles. The van der Waals surface area contributed by atoms with E-state index in [9.17, 15) is 14.7 Å². The number of carbonyl (C=O) groups is 1. The average Bonchev–Trinajstić information content (AvgIpc) is 2.41. The van der Waals surface area contributed by atoms with Gasteiger partial charge < -0.3 is 15.4 Å². The highest BCUT2D eigenvalue weighted by atomic mass is 32.2. The van der Waals surface area contributed by atoms with Gasteiger partial charge in [-0.05, 0) is 12.3 Å². The van der Waals surface area contributed by atoms with Crippen molar-refractivity contribution in [2.75, 3.05) is 12.3 Å². The number of hydrogen-bond acceptors (Lipinski definition) is 5. The van der Waals surface area contributed by atoms with Gasteiger partial charge in [-0.3, -0.25) is 9.59 Å². The first-order chi connectivity index (χ1) is 9.49. The van der Waals surface area contributed by atoms with Gasteiger partial charge in [0.2, 0.25) is 11.8 Å². The Labute approximate surface area is 121 Å². The molecule has 0 aliphatic carbocycles. The van der Waals surface area contributed by atoms with E-state index in [2.05, 4.69) is 21.9 Å². The first-order valence-corrected chi connectivity index (χ1v) is 7.31. The first kappa shape index (κ1) is 16.3. The van der Waals surface area contributed by atoms with Gasteiger partial charge in [-0.25, -0.2) is 0 Å². The Bertz CT molecular complexity index is 542. The van der Waals surface area contributed by atoms with Crippen LogP contribution in [0, 0.1) is 0 Å². The number of aromatic hydroxyl groups is 1. The summed E-state index contributed by atoms with van der Waals surface area (Å²) in [4.78, 5) is 29.8.